The van der Waals surface area contributed by atoms with Crippen molar-refractivity contribution >= 4 is 23.2 Å². The molecule has 0 spiro atoms. The molecule has 5 heteroatoms. The first-order valence-electron chi connectivity index (χ1n) is 5.43. The minimum absolute atomic E-state index is 0.0102. The van der Waals surface area contributed by atoms with Crippen molar-refractivity contribution in [2.24, 2.45) is 0 Å². The maximum absolute atomic E-state index is 11.5. The summed E-state index contributed by atoms with van der Waals surface area (Å²) in [5.74, 6) is -0.171. The number of nitrogens with one attached hydrogen (secondary N) is 2. The largest absolute Gasteiger partial charge is 0.367 e. The smallest absolute Gasteiger partial charge is 0.250 e. The van der Waals surface area contributed by atoms with Gasteiger partial charge in [-0.2, -0.15) is 0 Å². The van der Waals surface area contributed by atoms with Crippen LogP contribution in [-0.4, -0.2) is 32.2 Å². The molecule has 1 rings (SSSR count). The zero-order chi connectivity index (χ0) is 12.7. The number of amides is 1. The lowest BCUT2D eigenvalue weighted by molar-refractivity contribution is -0.122. The van der Waals surface area contributed by atoms with Gasteiger partial charge in [0.1, 0.15) is 6.61 Å². The van der Waals surface area contributed by atoms with Crippen molar-refractivity contribution < 1.29 is 9.53 Å². The van der Waals surface area contributed by atoms with Gasteiger partial charge in [0.05, 0.1) is 6.10 Å². The molecule has 1 unspecified atom stereocenters. The second-order valence-corrected chi connectivity index (χ2v) is 4.17. The molecule has 0 radical (unpaired) electrons. The van der Waals surface area contributed by atoms with Crippen LogP contribution in [0.4, 0.5) is 5.69 Å². The van der Waals surface area contributed by atoms with Gasteiger partial charge in [0, 0.05) is 17.3 Å². The molecule has 0 heterocycles. The molecular formula is C12H17ClN2O2. The van der Waals surface area contributed by atoms with Crippen LogP contribution in [-0.2, 0) is 9.53 Å². The summed E-state index contributed by atoms with van der Waals surface area (Å²) >= 11 is 5.74. The molecule has 0 aromatic heterocycles. The van der Waals surface area contributed by atoms with Crippen LogP contribution in [0.3, 0.4) is 0 Å². The number of hydrogen-bond acceptors (Lipinski definition) is 3. The molecular weight excluding hydrogens is 240 g/mol. The van der Waals surface area contributed by atoms with E-state index in [0.29, 0.717) is 17.3 Å². The van der Waals surface area contributed by atoms with E-state index in [2.05, 4.69) is 10.6 Å². The van der Waals surface area contributed by atoms with Gasteiger partial charge >= 0.3 is 0 Å². The lowest BCUT2D eigenvalue weighted by atomic mass is 10.3. The van der Waals surface area contributed by atoms with Gasteiger partial charge in [0.15, 0.2) is 0 Å². The van der Waals surface area contributed by atoms with Crippen LogP contribution in [0.2, 0.25) is 5.02 Å². The predicted octanol–water partition coefficient (Wildman–Crippen LogP) is 1.90. The van der Waals surface area contributed by atoms with Crippen molar-refractivity contribution in [2.75, 3.05) is 25.5 Å². The first-order chi connectivity index (χ1) is 8.11. The zero-order valence-corrected chi connectivity index (χ0v) is 10.8. The van der Waals surface area contributed by atoms with Gasteiger partial charge in [0.2, 0.25) is 5.91 Å². The molecule has 0 saturated carbocycles. The first kappa shape index (κ1) is 14.0. The highest BCUT2D eigenvalue weighted by Crippen LogP contribution is 2.13. The summed E-state index contributed by atoms with van der Waals surface area (Å²) in [5.41, 5.74) is 0.712. The topological polar surface area (TPSA) is 50.4 Å². The third-order valence-corrected chi connectivity index (χ3v) is 2.37. The monoisotopic (exact) mass is 256 g/mol. The van der Waals surface area contributed by atoms with E-state index in [9.17, 15) is 4.79 Å². The van der Waals surface area contributed by atoms with Crippen LogP contribution in [0.5, 0.6) is 0 Å². The summed E-state index contributed by atoms with van der Waals surface area (Å²) in [4.78, 5) is 11.5. The number of hydrogen-bond donors (Lipinski definition) is 2. The van der Waals surface area contributed by atoms with E-state index in [1.807, 2.05) is 14.0 Å². The van der Waals surface area contributed by atoms with Crippen LogP contribution >= 0.6 is 11.6 Å². The highest BCUT2D eigenvalue weighted by Gasteiger charge is 2.06. The van der Waals surface area contributed by atoms with Crippen LogP contribution < -0.4 is 10.6 Å². The number of rotatable bonds is 6. The van der Waals surface area contributed by atoms with Crippen LogP contribution in [0.15, 0.2) is 24.3 Å². The van der Waals surface area contributed by atoms with Crippen LogP contribution in [0.1, 0.15) is 6.92 Å². The van der Waals surface area contributed by atoms with Gasteiger partial charge < -0.3 is 15.4 Å². The number of likely N-dealkylation sites (N-methyl/N-ethyl adjacent to an activating group) is 1. The van der Waals surface area contributed by atoms with Crippen LogP contribution in [0, 0.1) is 0 Å². The summed E-state index contributed by atoms with van der Waals surface area (Å²) in [6, 6.07) is 6.94. The van der Waals surface area contributed by atoms with Crippen molar-refractivity contribution in [3.63, 3.8) is 0 Å². The third kappa shape index (κ3) is 5.68. The van der Waals surface area contributed by atoms with E-state index in [1.165, 1.54) is 0 Å². The molecule has 1 aromatic carbocycles. The Morgan fingerprint density at radius 1 is 1.41 bits per heavy atom. The van der Waals surface area contributed by atoms with Crippen molar-refractivity contribution in [1.29, 1.82) is 0 Å². The van der Waals surface area contributed by atoms with Crippen molar-refractivity contribution in [1.82, 2.24) is 5.32 Å². The Balaban J connectivity index is 2.32. The number of anilines is 1. The Bertz CT molecular complexity index is 354. The number of carbonyl (C=O) groups excluding carboxylic acids is 1. The maximum Gasteiger partial charge on any atom is 0.250 e. The molecule has 4 nitrogen and oxygen atoms in total. The number of ether oxygens (including phenoxy) is 1. The molecule has 0 fully saturated rings. The summed E-state index contributed by atoms with van der Waals surface area (Å²) in [7, 11) is 1.84. The van der Waals surface area contributed by atoms with Gasteiger partial charge in [-0.05, 0) is 38.2 Å². The molecule has 1 amide bonds. The van der Waals surface area contributed by atoms with Crippen molar-refractivity contribution in [3.05, 3.63) is 29.3 Å². The van der Waals surface area contributed by atoms with E-state index in [4.69, 9.17) is 16.3 Å². The predicted molar refractivity (Wildman–Crippen MR) is 69.4 cm³/mol. The highest BCUT2D eigenvalue weighted by atomic mass is 35.5. The standard InChI is InChI=1S/C12H17ClN2O2/c1-9(7-14-2)17-8-12(16)15-11-5-3-10(13)4-6-11/h3-6,9,14H,7-8H2,1-2H3,(H,15,16). The lowest BCUT2D eigenvalue weighted by Crippen LogP contribution is -2.28. The summed E-state index contributed by atoms with van der Waals surface area (Å²) < 4.78 is 5.34. The second-order valence-electron chi connectivity index (χ2n) is 3.73. The second kappa shape index (κ2) is 7.27. The molecule has 1 atom stereocenters. The lowest BCUT2D eigenvalue weighted by Gasteiger charge is -2.12. The van der Waals surface area contributed by atoms with Crippen LogP contribution in [0.25, 0.3) is 0 Å². The fourth-order valence-corrected chi connectivity index (χ4v) is 1.42. The number of halogens is 1. The molecule has 0 bridgehead atoms. The molecule has 0 aliphatic carbocycles. The Labute approximate surface area is 106 Å². The quantitative estimate of drug-likeness (QED) is 0.817. The van der Waals surface area contributed by atoms with Crippen molar-refractivity contribution in [3.8, 4) is 0 Å². The molecule has 1 aromatic rings. The van der Waals surface area contributed by atoms with Gasteiger partial charge in [-0.15, -0.1) is 0 Å². The highest BCUT2D eigenvalue weighted by molar-refractivity contribution is 6.30. The van der Waals surface area contributed by atoms with Crippen molar-refractivity contribution in [2.45, 2.75) is 13.0 Å². The molecule has 0 aliphatic rings. The third-order valence-electron chi connectivity index (χ3n) is 2.12. The summed E-state index contributed by atoms with van der Waals surface area (Å²) in [6.07, 6.45) is 0.0102. The van der Waals surface area contributed by atoms with Gasteiger partial charge in [-0.1, -0.05) is 11.6 Å². The van der Waals surface area contributed by atoms with E-state index in [1.54, 1.807) is 24.3 Å². The number of carbonyl (C=O) groups is 1. The molecule has 2 N–H and O–H groups in total. The Hall–Kier alpha value is -1.10. The van der Waals surface area contributed by atoms with E-state index < -0.39 is 0 Å². The maximum atomic E-state index is 11.5. The molecule has 17 heavy (non-hydrogen) atoms. The average Bonchev–Trinajstić information content (AvgIpc) is 2.30. The fourth-order valence-electron chi connectivity index (χ4n) is 1.29. The zero-order valence-electron chi connectivity index (χ0n) is 10.00. The first-order valence-corrected chi connectivity index (χ1v) is 5.81. The molecule has 0 aliphatic heterocycles. The molecule has 94 valence electrons. The Kier molecular flexibility index (Phi) is 5.97. The average molecular weight is 257 g/mol. The normalized spacial score (nSPS) is 12.2. The van der Waals surface area contributed by atoms with Gasteiger partial charge in [-0.3, -0.25) is 4.79 Å². The van der Waals surface area contributed by atoms with Gasteiger partial charge in [-0.25, -0.2) is 0 Å². The van der Waals surface area contributed by atoms with E-state index >= 15 is 0 Å². The van der Waals surface area contributed by atoms with E-state index in [0.717, 1.165) is 0 Å². The van der Waals surface area contributed by atoms with Gasteiger partial charge in [0.25, 0.3) is 0 Å². The Morgan fingerprint density at radius 2 is 2.06 bits per heavy atom. The molecule has 0 saturated heterocycles. The summed E-state index contributed by atoms with van der Waals surface area (Å²) in [6.45, 7) is 2.67. The minimum Gasteiger partial charge on any atom is -0.367 e. The Morgan fingerprint density at radius 3 is 2.65 bits per heavy atom. The SMILES string of the molecule is CNCC(C)OCC(=O)Nc1ccc(Cl)cc1. The fraction of sp³-hybridized carbons (Fsp3) is 0.417. The van der Waals surface area contributed by atoms with E-state index in [-0.39, 0.29) is 18.6 Å². The summed E-state index contributed by atoms with van der Waals surface area (Å²) in [5, 5.41) is 6.34. The number of benzene rings is 1. The minimum atomic E-state index is -0.171.